The Balaban J connectivity index is 1.40. The number of aromatic nitrogens is 1. The van der Waals surface area contributed by atoms with Gasteiger partial charge in [-0.05, 0) is 48.0 Å². The number of benzene rings is 2. The smallest absolute Gasteiger partial charge is 0.255 e. The fourth-order valence-corrected chi connectivity index (χ4v) is 3.83. The molecule has 0 fully saturated rings. The maximum Gasteiger partial charge on any atom is 0.255 e. The number of fused-ring (bicyclic) bond motifs is 1. The first-order valence-electron chi connectivity index (χ1n) is 8.71. The number of thioether (sulfide) groups is 1. The zero-order valence-electron chi connectivity index (χ0n) is 14.9. The first kappa shape index (κ1) is 18.7. The lowest BCUT2D eigenvalue weighted by molar-refractivity contribution is 0.102. The van der Waals surface area contributed by atoms with Crippen LogP contribution < -0.4 is 14.8 Å². The molecule has 1 aliphatic rings. The van der Waals surface area contributed by atoms with Crippen LogP contribution in [0.4, 0.5) is 5.69 Å². The minimum Gasteiger partial charge on any atom is -0.486 e. The van der Waals surface area contributed by atoms with Crippen molar-refractivity contribution in [3.63, 3.8) is 0 Å². The molecule has 0 bridgehead atoms. The highest BCUT2D eigenvalue weighted by molar-refractivity contribution is 7.98. The molecule has 7 heteroatoms. The van der Waals surface area contributed by atoms with Crippen molar-refractivity contribution in [1.29, 1.82) is 0 Å². The van der Waals surface area contributed by atoms with Gasteiger partial charge in [-0.15, -0.1) is 11.8 Å². The molecule has 0 atom stereocenters. The summed E-state index contributed by atoms with van der Waals surface area (Å²) in [5.41, 5.74) is 2.30. The van der Waals surface area contributed by atoms with E-state index in [1.54, 1.807) is 30.1 Å². The van der Waals surface area contributed by atoms with Crippen LogP contribution in [0.1, 0.15) is 15.9 Å². The summed E-state index contributed by atoms with van der Waals surface area (Å²) < 4.78 is 11.0. The Morgan fingerprint density at radius 2 is 1.96 bits per heavy atom. The minimum absolute atomic E-state index is 0.255. The summed E-state index contributed by atoms with van der Waals surface area (Å²) >= 11 is 7.92. The predicted octanol–water partition coefficient (Wildman–Crippen LogP) is 5.05. The van der Waals surface area contributed by atoms with Crippen LogP contribution in [-0.4, -0.2) is 24.1 Å². The van der Waals surface area contributed by atoms with Gasteiger partial charge in [-0.2, -0.15) is 0 Å². The highest BCUT2D eigenvalue weighted by atomic mass is 35.5. The van der Waals surface area contributed by atoms with Crippen molar-refractivity contribution in [3.8, 4) is 11.5 Å². The number of hydrogen-bond acceptors (Lipinski definition) is 5. The summed E-state index contributed by atoms with van der Waals surface area (Å²) in [5.74, 6) is 1.56. The minimum atomic E-state index is -0.255. The average molecular weight is 413 g/mol. The number of ether oxygens (including phenoxy) is 2. The fourth-order valence-electron chi connectivity index (χ4n) is 2.73. The number of amides is 1. The van der Waals surface area contributed by atoms with Crippen LogP contribution in [0.5, 0.6) is 11.5 Å². The van der Waals surface area contributed by atoms with Crippen molar-refractivity contribution in [2.24, 2.45) is 0 Å². The SMILES string of the molecule is O=C(Nc1ccc(SCc2cccnc2)cc1)c1cc(Cl)c2c(c1)OCCO2. The molecule has 28 heavy (non-hydrogen) atoms. The number of pyridine rings is 1. The normalized spacial score (nSPS) is 12.5. The molecule has 0 saturated carbocycles. The third-order valence-corrected chi connectivity index (χ3v) is 5.46. The molecule has 4 rings (SSSR count). The third-order valence-electron chi connectivity index (χ3n) is 4.10. The molecule has 0 spiro atoms. The Hall–Kier alpha value is -2.70. The molecular weight excluding hydrogens is 396 g/mol. The molecule has 2 aromatic carbocycles. The number of nitrogens with one attached hydrogen (secondary N) is 1. The van der Waals surface area contributed by atoms with E-state index in [9.17, 15) is 4.79 Å². The summed E-state index contributed by atoms with van der Waals surface area (Å²) in [4.78, 5) is 17.8. The number of halogens is 1. The lowest BCUT2D eigenvalue weighted by Crippen LogP contribution is -2.17. The molecule has 142 valence electrons. The van der Waals surface area contributed by atoms with E-state index in [0.717, 1.165) is 10.6 Å². The van der Waals surface area contributed by atoms with Crippen LogP contribution in [0.2, 0.25) is 5.02 Å². The van der Waals surface area contributed by atoms with Crippen molar-refractivity contribution in [2.45, 2.75) is 10.6 Å². The fraction of sp³-hybridized carbons (Fsp3) is 0.143. The van der Waals surface area contributed by atoms with Gasteiger partial charge < -0.3 is 14.8 Å². The molecule has 1 aromatic heterocycles. The Bertz CT molecular complexity index is 981. The Morgan fingerprint density at radius 3 is 2.75 bits per heavy atom. The van der Waals surface area contributed by atoms with E-state index in [1.165, 1.54) is 5.56 Å². The van der Waals surface area contributed by atoms with Gasteiger partial charge in [-0.3, -0.25) is 9.78 Å². The Morgan fingerprint density at radius 1 is 1.14 bits per heavy atom. The molecule has 0 unspecified atom stereocenters. The standard InChI is InChI=1S/C21H17ClN2O3S/c22-18-10-15(11-19-20(18)27-9-8-26-19)21(25)24-16-3-5-17(6-4-16)28-13-14-2-1-7-23-12-14/h1-7,10-12H,8-9,13H2,(H,24,25). The van der Waals surface area contributed by atoms with Crippen LogP contribution in [0.15, 0.2) is 65.8 Å². The van der Waals surface area contributed by atoms with Crippen LogP contribution in [0.25, 0.3) is 0 Å². The van der Waals surface area contributed by atoms with Crippen molar-refractivity contribution in [1.82, 2.24) is 4.98 Å². The second-order valence-electron chi connectivity index (χ2n) is 6.11. The molecule has 1 N–H and O–H groups in total. The quantitative estimate of drug-likeness (QED) is 0.594. The van der Waals surface area contributed by atoms with Gasteiger partial charge in [-0.1, -0.05) is 17.7 Å². The molecular formula is C21H17ClN2O3S. The first-order chi connectivity index (χ1) is 13.7. The lowest BCUT2D eigenvalue weighted by Gasteiger charge is -2.20. The van der Waals surface area contributed by atoms with E-state index in [0.29, 0.717) is 41.0 Å². The van der Waals surface area contributed by atoms with Gasteiger partial charge in [0.25, 0.3) is 5.91 Å². The molecule has 1 aliphatic heterocycles. The molecule has 5 nitrogen and oxygen atoms in total. The van der Waals surface area contributed by atoms with Gasteiger partial charge in [0.05, 0.1) is 5.02 Å². The van der Waals surface area contributed by atoms with Crippen molar-refractivity contribution >= 4 is 35.0 Å². The van der Waals surface area contributed by atoms with Crippen LogP contribution in [-0.2, 0) is 5.75 Å². The van der Waals surface area contributed by atoms with Gasteiger partial charge in [0.2, 0.25) is 0 Å². The molecule has 0 radical (unpaired) electrons. The second kappa shape index (κ2) is 8.54. The van der Waals surface area contributed by atoms with E-state index in [2.05, 4.69) is 10.3 Å². The largest absolute Gasteiger partial charge is 0.486 e. The number of carbonyl (C=O) groups is 1. The second-order valence-corrected chi connectivity index (χ2v) is 7.57. The summed E-state index contributed by atoms with van der Waals surface area (Å²) in [6.45, 7) is 0.885. The summed E-state index contributed by atoms with van der Waals surface area (Å²) in [5, 5.41) is 3.25. The molecule has 1 amide bonds. The van der Waals surface area contributed by atoms with Gasteiger partial charge in [0.15, 0.2) is 11.5 Å². The van der Waals surface area contributed by atoms with E-state index < -0.39 is 0 Å². The number of hydrogen-bond donors (Lipinski definition) is 1. The van der Waals surface area contributed by atoms with Crippen LogP contribution >= 0.6 is 23.4 Å². The van der Waals surface area contributed by atoms with Crippen molar-refractivity contribution < 1.29 is 14.3 Å². The highest BCUT2D eigenvalue weighted by Crippen LogP contribution is 2.38. The molecule has 0 aliphatic carbocycles. The van der Waals surface area contributed by atoms with E-state index in [4.69, 9.17) is 21.1 Å². The number of nitrogens with zero attached hydrogens (tertiary/aromatic N) is 1. The van der Waals surface area contributed by atoms with E-state index >= 15 is 0 Å². The summed E-state index contributed by atoms with van der Waals surface area (Å²) in [7, 11) is 0. The van der Waals surface area contributed by atoms with Crippen molar-refractivity contribution in [3.05, 3.63) is 77.1 Å². The lowest BCUT2D eigenvalue weighted by atomic mass is 10.1. The summed E-state index contributed by atoms with van der Waals surface area (Å²) in [6.07, 6.45) is 3.63. The van der Waals surface area contributed by atoms with Gasteiger partial charge >= 0.3 is 0 Å². The Kier molecular flexibility index (Phi) is 5.69. The topological polar surface area (TPSA) is 60.5 Å². The maximum atomic E-state index is 12.6. The molecule has 3 aromatic rings. The Labute approximate surface area is 172 Å². The monoisotopic (exact) mass is 412 g/mol. The van der Waals surface area contributed by atoms with Crippen LogP contribution in [0.3, 0.4) is 0 Å². The highest BCUT2D eigenvalue weighted by Gasteiger charge is 2.19. The zero-order chi connectivity index (χ0) is 19.3. The maximum absolute atomic E-state index is 12.6. The number of anilines is 1. The zero-order valence-corrected chi connectivity index (χ0v) is 16.4. The number of rotatable bonds is 5. The van der Waals surface area contributed by atoms with Gasteiger partial charge in [-0.25, -0.2) is 0 Å². The first-order valence-corrected chi connectivity index (χ1v) is 10.1. The third kappa shape index (κ3) is 4.40. The van der Waals surface area contributed by atoms with Crippen LogP contribution in [0, 0.1) is 0 Å². The van der Waals surface area contributed by atoms with Gasteiger partial charge in [0.1, 0.15) is 13.2 Å². The average Bonchev–Trinajstić information content (AvgIpc) is 2.74. The van der Waals surface area contributed by atoms with E-state index in [-0.39, 0.29) is 5.91 Å². The molecule has 2 heterocycles. The van der Waals surface area contributed by atoms with E-state index in [1.807, 2.05) is 42.6 Å². The predicted molar refractivity (Wildman–Crippen MR) is 111 cm³/mol. The van der Waals surface area contributed by atoms with Crippen molar-refractivity contribution in [2.75, 3.05) is 18.5 Å². The van der Waals surface area contributed by atoms with Gasteiger partial charge in [0, 0.05) is 34.3 Å². The molecule has 0 saturated heterocycles. The number of carbonyl (C=O) groups excluding carboxylic acids is 1. The summed E-state index contributed by atoms with van der Waals surface area (Å²) in [6, 6.07) is 14.9.